The van der Waals surface area contributed by atoms with Crippen molar-refractivity contribution in [3.05, 3.63) is 16.5 Å². The first-order chi connectivity index (χ1) is 9.06. The SMILES string of the molecule is CC(C)C(NS(=O)(=O)c1cc(C(=O)O)oc1Br)C(N)=O. The van der Waals surface area contributed by atoms with Gasteiger partial charge in [-0.25, -0.2) is 13.2 Å². The molecule has 0 fully saturated rings. The smallest absolute Gasteiger partial charge is 0.371 e. The highest BCUT2D eigenvalue weighted by molar-refractivity contribution is 9.10. The summed E-state index contributed by atoms with van der Waals surface area (Å²) in [6, 6.07) is -0.275. The van der Waals surface area contributed by atoms with E-state index in [1.165, 1.54) is 0 Å². The van der Waals surface area contributed by atoms with Crippen molar-refractivity contribution in [3.8, 4) is 0 Å². The molecule has 0 aliphatic carbocycles. The summed E-state index contributed by atoms with van der Waals surface area (Å²) in [4.78, 5) is 21.5. The second-order valence-electron chi connectivity index (χ2n) is 4.30. The second-order valence-corrected chi connectivity index (χ2v) is 6.70. The highest BCUT2D eigenvalue weighted by Gasteiger charge is 2.30. The maximum absolute atomic E-state index is 12.1. The summed E-state index contributed by atoms with van der Waals surface area (Å²) in [5.41, 5.74) is 5.12. The van der Waals surface area contributed by atoms with Gasteiger partial charge in [0, 0.05) is 6.07 Å². The first-order valence-corrected chi connectivity index (χ1v) is 7.68. The predicted octanol–water partition coefficient (Wildman–Crippen LogP) is 0.529. The van der Waals surface area contributed by atoms with Crippen LogP contribution in [-0.2, 0) is 14.8 Å². The van der Waals surface area contributed by atoms with Crippen LogP contribution in [0.15, 0.2) is 20.0 Å². The molecule has 0 saturated carbocycles. The van der Waals surface area contributed by atoms with Gasteiger partial charge in [0.1, 0.15) is 10.9 Å². The zero-order valence-corrected chi connectivity index (χ0v) is 13.0. The van der Waals surface area contributed by atoms with Crippen LogP contribution in [0, 0.1) is 5.92 Å². The van der Waals surface area contributed by atoms with Crippen LogP contribution in [0.5, 0.6) is 0 Å². The summed E-state index contributed by atoms with van der Waals surface area (Å²) < 4.78 is 30.8. The third kappa shape index (κ3) is 3.58. The number of carboxylic acid groups (broad SMARTS) is 1. The predicted molar refractivity (Wildman–Crippen MR) is 71.5 cm³/mol. The van der Waals surface area contributed by atoms with Crippen LogP contribution in [0.25, 0.3) is 0 Å². The number of hydrogen-bond donors (Lipinski definition) is 3. The van der Waals surface area contributed by atoms with Gasteiger partial charge in [0.05, 0.1) is 0 Å². The molecule has 1 heterocycles. The van der Waals surface area contributed by atoms with E-state index < -0.39 is 38.6 Å². The van der Waals surface area contributed by atoms with Crippen LogP contribution in [0.4, 0.5) is 0 Å². The number of sulfonamides is 1. The molecular formula is C10H13BrN2O6S. The number of primary amides is 1. The topological polar surface area (TPSA) is 140 Å². The first-order valence-electron chi connectivity index (χ1n) is 5.40. The number of carbonyl (C=O) groups is 2. The summed E-state index contributed by atoms with van der Waals surface area (Å²) in [5, 5.41) is 8.74. The molecule has 8 nitrogen and oxygen atoms in total. The van der Waals surface area contributed by atoms with Gasteiger partial charge in [-0.15, -0.1) is 0 Å². The van der Waals surface area contributed by atoms with E-state index >= 15 is 0 Å². The average Bonchev–Trinajstić information content (AvgIpc) is 2.68. The van der Waals surface area contributed by atoms with Crippen LogP contribution in [0.2, 0.25) is 0 Å². The Balaban J connectivity index is 3.17. The van der Waals surface area contributed by atoms with Crippen molar-refractivity contribution in [3.63, 3.8) is 0 Å². The standard InChI is InChI=1S/C10H13BrN2O6S/c1-4(2)7(9(12)14)13-20(17,18)6-3-5(10(15)16)19-8(6)11/h3-4,7,13H,1-2H3,(H2,12,14)(H,15,16). The molecule has 1 rings (SSSR count). The van der Waals surface area contributed by atoms with Crippen molar-refractivity contribution in [2.24, 2.45) is 11.7 Å². The minimum absolute atomic E-state index is 0.269. The Kier molecular flexibility index (Phi) is 4.95. The second kappa shape index (κ2) is 5.94. The van der Waals surface area contributed by atoms with Gasteiger partial charge in [-0.3, -0.25) is 4.79 Å². The van der Waals surface area contributed by atoms with Crippen molar-refractivity contribution >= 4 is 37.8 Å². The van der Waals surface area contributed by atoms with Gasteiger partial charge in [0.15, 0.2) is 4.67 Å². The fourth-order valence-corrected chi connectivity index (χ4v) is 3.69. The van der Waals surface area contributed by atoms with Crippen LogP contribution >= 0.6 is 15.9 Å². The summed E-state index contributed by atoms with van der Waals surface area (Å²) in [5.74, 6) is -3.16. The number of carboxylic acids is 1. The van der Waals surface area contributed by atoms with Gasteiger partial charge in [-0.05, 0) is 21.8 Å². The summed E-state index contributed by atoms with van der Waals surface area (Å²) in [6.07, 6.45) is 0. The molecule has 1 aromatic rings. The summed E-state index contributed by atoms with van der Waals surface area (Å²) in [7, 11) is -4.15. The molecule has 1 unspecified atom stereocenters. The van der Waals surface area contributed by atoms with E-state index in [2.05, 4.69) is 20.7 Å². The molecule has 10 heteroatoms. The molecule has 1 aromatic heterocycles. The number of halogens is 1. The third-order valence-electron chi connectivity index (χ3n) is 2.41. The Hall–Kier alpha value is -1.39. The molecule has 20 heavy (non-hydrogen) atoms. The minimum atomic E-state index is -4.15. The number of carbonyl (C=O) groups excluding carboxylic acids is 1. The molecule has 0 aromatic carbocycles. The van der Waals surface area contributed by atoms with Crippen LogP contribution in [0.1, 0.15) is 24.4 Å². The number of furan rings is 1. The van der Waals surface area contributed by atoms with Gasteiger partial charge < -0.3 is 15.3 Å². The van der Waals surface area contributed by atoms with Gasteiger partial charge in [-0.1, -0.05) is 13.8 Å². The Bertz CT molecular complexity index is 636. The Morgan fingerprint density at radius 2 is 2.00 bits per heavy atom. The molecule has 0 bridgehead atoms. The molecule has 0 aliphatic heterocycles. The number of aromatic carboxylic acids is 1. The lowest BCUT2D eigenvalue weighted by atomic mass is 10.1. The Morgan fingerprint density at radius 3 is 2.35 bits per heavy atom. The molecule has 4 N–H and O–H groups in total. The largest absolute Gasteiger partial charge is 0.475 e. The van der Waals surface area contributed by atoms with Gasteiger partial charge in [0.25, 0.3) is 0 Å². The van der Waals surface area contributed by atoms with E-state index in [1.807, 2.05) is 0 Å². The fraction of sp³-hybridized carbons (Fsp3) is 0.400. The molecule has 1 amide bonds. The van der Waals surface area contributed by atoms with Crippen molar-refractivity contribution in [2.45, 2.75) is 24.8 Å². The molecule has 0 spiro atoms. The number of rotatable bonds is 6. The minimum Gasteiger partial charge on any atom is -0.475 e. The fourth-order valence-electron chi connectivity index (χ4n) is 1.39. The molecule has 1 atom stereocenters. The summed E-state index contributed by atoms with van der Waals surface area (Å²) in [6.45, 7) is 3.23. The van der Waals surface area contributed by atoms with Crippen LogP contribution in [-0.4, -0.2) is 31.4 Å². The van der Waals surface area contributed by atoms with E-state index in [-0.39, 0.29) is 10.6 Å². The third-order valence-corrected chi connectivity index (χ3v) is 4.71. The van der Waals surface area contributed by atoms with Gasteiger partial charge >= 0.3 is 5.97 Å². The van der Waals surface area contributed by atoms with E-state index in [9.17, 15) is 18.0 Å². The van der Waals surface area contributed by atoms with Crippen molar-refractivity contribution in [1.82, 2.24) is 4.72 Å². The number of nitrogens with one attached hydrogen (secondary N) is 1. The molecular weight excluding hydrogens is 356 g/mol. The lowest BCUT2D eigenvalue weighted by Gasteiger charge is -2.18. The zero-order chi connectivity index (χ0) is 15.7. The number of hydrogen-bond acceptors (Lipinski definition) is 5. The van der Waals surface area contributed by atoms with Crippen molar-refractivity contribution in [2.75, 3.05) is 0 Å². The molecule has 112 valence electrons. The quantitative estimate of drug-likeness (QED) is 0.668. The van der Waals surface area contributed by atoms with Crippen LogP contribution in [0.3, 0.4) is 0 Å². The maximum Gasteiger partial charge on any atom is 0.371 e. The van der Waals surface area contributed by atoms with E-state index in [0.29, 0.717) is 0 Å². The monoisotopic (exact) mass is 368 g/mol. The molecule has 0 aliphatic rings. The van der Waals surface area contributed by atoms with E-state index in [0.717, 1.165) is 6.07 Å². The zero-order valence-electron chi connectivity index (χ0n) is 10.6. The van der Waals surface area contributed by atoms with E-state index in [4.69, 9.17) is 15.3 Å². The number of nitrogens with two attached hydrogens (primary N) is 1. The molecule has 0 saturated heterocycles. The van der Waals surface area contributed by atoms with Crippen molar-refractivity contribution < 1.29 is 27.5 Å². The Labute approximate surface area is 123 Å². The average molecular weight is 369 g/mol. The lowest BCUT2D eigenvalue weighted by molar-refractivity contribution is -0.120. The molecule has 0 radical (unpaired) electrons. The van der Waals surface area contributed by atoms with Crippen LogP contribution < -0.4 is 10.5 Å². The Morgan fingerprint density at radius 1 is 1.45 bits per heavy atom. The highest BCUT2D eigenvalue weighted by atomic mass is 79.9. The van der Waals surface area contributed by atoms with Crippen molar-refractivity contribution in [1.29, 1.82) is 0 Å². The van der Waals surface area contributed by atoms with Gasteiger partial charge in [0.2, 0.25) is 21.7 Å². The lowest BCUT2D eigenvalue weighted by Crippen LogP contribution is -2.47. The van der Waals surface area contributed by atoms with Gasteiger partial charge in [-0.2, -0.15) is 4.72 Å². The normalized spacial score (nSPS) is 13.4. The van der Waals surface area contributed by atoms with E-state index in [1.54, 1.807) is 13.8 Å². The summed E-state index contributed by atoms with van der Waals surface area (Å²) >= 11 is 2.82. The maximum atomic E-state index is 12.1. The highest BCUT2D eigenvalue weighted by Crippen LogP contribution is 2.26. The first kappa shape index (κ1) is 16.7. The number of amides is 1.